The van der Waals surface area contributed by atoms with E-state index in [0.29, 0.717) is 19.3 Å². The minimum absolute atomic E-state index is 0.167. The van der Waals surface area contributed by atoms with E-state index in [1.807, 2.05) is 0 Å². The SMILES string of the molecule is CCC(=O)NC1(C(=O)O)CCCCCC1. The van der Waals surface area contributed by atoms with Crippen LogP contribution in [0.2, 0.25) is 0 Å². The zero-order valence-electron chi connectivity index (χ0n) is 9.21. The number of carboxylic acids is 1. The monoisotopic (exact) mass is 213 g/mol. The summed E-state index contributed by atoms with van der Waals surface area (Å²) >= 11 is 0. The van der Waals surface area contributed by atoms with Gasteiger partial charge >= 0.3 is 5.97 Å². The molecular formula is C11H19NO3. The minimum Gasteiger partial charge on any atom is -0.480 e. The van der Waals surface area contributed by atoms with Gasteiger partial charge in [-0.25, -0.2) is 4.79 Å². The Balaban J connectivity index is 2.75. The minimum atomic E-state index is -0.996. The summed E-state index contributed by atoms with van der Waals surface area (Å²) in [4.78, 5) is 22.6. The highest BCUT2D eigenvalue weighted by molar-refractivity contribution is 5.86. The second kappa shape index (κ2) is 5.14. The van der Waals surface area contributed by atoms with Gasteiger partial charge in [-0.15, -0.1) is 0 Å². The van der Waals surface area contributed by atoms with Crippen LogP contribution >= 0.6 is 0 Å². The summed E-state index contributed by atoms with van der Waals surface area (Å²) in [5.41, 5.74) is -0.996. The first-order valence-electron chi connectivity index (χ1n) is 5.65. The van der Waals surface area contributed by atoms with Gasteiger partial charge in [0.2, 0.25) is 5.91 Å². The lowest BCUT2D eigenvalue weighted by Crippen LogP contribution is -2.54. The summed E-state index contributed by atoms with van der Waals surface area (Å²) < 4.78 is 0. The normalized spacial score (nSPS) is 20.3. The lowest BCUT2D eigenvalue weighted by atomic mass is 9.90. The fourth-order valence-corrected chi connectivity index (χ4v) is 2.08. The van der Waals surface area contributed by atoms with Crippen molar-refractivity contribution < 1.29 is 14.7 Å². The second-order valence-electron chi connectivity index (χ2n) is 4.20. The molecule has 1 rings (SSSR count). The van der Waals surface area contributed by atoms with Crippen LogP contribution < -0.4 is 5.32 Å². The molecule has 0 radical (unpaired) electrons. The summed E-state index contributed by atoms with van der Waals surface area (Å²) in [6, 6.07) is 0. The molecule has 0 aromatic carbocycles. The van der Waals surface area contributed by atoms with Crippen molar-refractivity contribution in [2.24, 2.45) is 0 Å². The van der Waals surface area contributed by atoms with Gasteiger partial charge in [-0.2, -0.15) is 0 Å². The molecule has 1 aliphatic carbocycles. The van der Waals surface area contributed by atoms with E-state index in [2.05, 4.69) is 5.32 Å². The molecule has 0 saturated heterocycles. The van der Waals surface area contributed by atoms with E-state index >= 15 is 0 Å². The fourth-order valence-electron chi connectivity index (χ4n) is 2.08. The van der Waals surface area contributed by atoms with Crippen LogP contribution in [0.5, 0.6) is 0 Å². The molecule has 0 bridgehead atoms. The first-order chi connectivity index (χ1) is 7.10. The van der Waals surface area contributed by atoms with E-state index in [0.717, 1.165) is 25.7 Å². The maximum atomic E-state index is 11.3. The second-order valence-corrected chi connectivity index (χ2v) is 4.20. The van der Waals surface area contributed by atoms with E-state index in [4.69, 9.17) is 0 Å². The number of amides is 1. The summed E-state index contributed by atoms with van der Waals surface area (Å²) in [7, 11) is 0. The quantitative estimate of drug-likeness (QED) is 0.701. The highest BCUT2D eigenvalue weighted by Gasteiger charge is 2.39. The summed E-state index contributed by atoms with van der Waals surface area (Å²) in [5.74, 6) is -1.05. The molecule has 0 heterocycles. The van der Waals surface area contributed by atoms with E-state index in [1.54, 1.807) is 6.92 Å². The van der Waals surface area contributed by atoms with Crippen LogP contribution in [0.1, 0.15) is 51.9 Å². The summed E-state index contributed by atoms with van der Waals surface area (Å²) in [5, 5.41) is 11.9. The molecule has 0 unspecified atom stereocenters. The molecular weight excluding hydrogens is 194 g/mol. The number of hydrogen-bond acceptors (Lipinski definition) is 2. The van der Waals surface area contributed by atoms with Crippen LogP contribution in [0.15, 0.2) is 0 Å². The summed E-state index contributed by atoms with van der Waals surface area (Å²) in [6.45, 7) is 1.74. The summed E-state index contributed by atoms with van der Waals surface area (Å²) in [6.07, 6.45) is 5.37. The molecule has 1 fully saturated rings. The lowest BCUT2D eigenvalue weighted by Gasteiger charge is -2.29. The molecule has 1 aliphatic rings. The molecule has 1 amide bonds. The maximum absolute atomic E-state index is 11.3. The Bertz CT molecular complexity index is 242. The molecule has 0 aromatic rings. The van der Waals surface area contributed by atoms with Gasteiger partial charge in [0.1, 0.15) is 5.54 Å². The number of carbonyl (C=O) groups is 2. The predicted octanol–water partition coefficient (Wildman–Crippen LogP) is 1.69. The standard InChI is InChI=1S/C11H19NO3/c1-2-9(13)12-11(10(14)15)7-5-3-4-6-8-11/h2-8H2,1H3,(H,12,13)(H,14,15). The molecule has 1 saturated carbocycles. The maximum Gasteiger partial charge on any atom is 0.329 e. The van der Waals surface area contributed by atoms with Crippen molar-refractivity contribution in [1.29, 1.82) is 0 Å². The first-order valence-corrected chi connectivity index (χ1v) is 5.65. The molecule has 0 aliphatic heterocycles. The van der Waals surface area contributed by atoms with Gasteiger partial charge < -0.3 is 10.4 Å². The highest BCUT2D eigenvalue weighted by Crippen LogP contribution is 2.27. The van der Waals surface area contributed by atoms with Crippen LogP contribution in [0.3, 0.4) is 0 Å². The molecule has 4 heteroatoms. The predicted molar refractivity (Wildman–Crippen MR) is 56.5 cm³/mol. The van der Waals surface area contributed by atoms with Gasteiger partial charge in [0.25, 0.3) is 0 Å². The number of hydrogen-bond donors (Lipinski definition) is 2. The fraction of sp³-hybridized carbons (Fsp3) is 0.818. The van der Waals surface area contributed by atoms with Gasteiger partial charge in [0.15, 0.2) is 0 Å². The van der Waals surface area contributed by atoms with Crippen molar-refractivity contribution in [1.82, 2.24) is 5.32 Å². The third-order valence-corrected chi connectivity index (χ3v) is 3.07. The van der Waals surface area contributed by atoms with Gasteiger partial charge in [0, 0.05) is 6.42 Å². The van der Waals surface area contributed by atoms with Gasteiger partial charge in [0.05, 0.1) is 0 Å². The molecule has 0 spiro atoms. The number of carbonyl (C=O) groups excluding carboxylic acids is 1. The molecule has 86 valence electrons. The molecule has 0 aromatic heterocycles. The Labute approximate surface area is 90.0 Å². The smallest absolute Gasteiger partial charge is 0.329 e. The van der Waals surface area contributed by atoms with E-state index in [-0.39, 0.29) is 5.91 Å². The van der Waals surface area contributed by atoms with Crippen molar-refractivity contribution >= 4 is 11.9 Å². The Hall–Kier alpha value is -1.06. The third-order valence-electron chi connectivity index (χ3n) is 3.07. The van der Waals surface area contributed by atoms with Crippen LogP contribution in [0.4, 0.5) is 0 Å². The zero-order valence-corrected chi connectivity index (χ0v) is 9.21. The van der Waals surface area contributed by atoms with Gasteiger partial charge in [-0.05, 0) is 12.8 Å². The zero-order chi connectivity index (χ0) is 11.3. The average molecular weight is 213 g/mol. The number of carboxylic acid groups (broad SMARTS) is 1. The number of aliphatic carboxylic acids is 1. The highest BCUT2D eigenvalue weighted by atomic mass is 16.4. The molecule has 2 N–H and O–H groups in total. The largest absolute Gasteiger partial charge is 0.480 e. The van der Waals surface area contributed by atoms with E-state index in [1.165, 1.54) is 0 Å². The van der Waals surface area contributed by atoms with Crippen LogP contribution in [-0.2, 0) is 9.59 Å². The van der Waals surface area contributed by atoms with Crippen molar-refractivity contribution in [2.75, 3.05) is 0 Å². The third kappa shape index (κ3) is 2.94. The lowest BCUT2D eigenvalue weighted by molar-refractivity contribution is -0.148. The van der Waals surface area contributed by atoms with Crippen LogP contribution in [0, 0.1) is 0 Å². The molecule has 0 atom stereocenters. The Kier molecular flexibility index (Phi) is 4.12. The number of nitrogens with one attached hydrogen (secondary N) is 1. The van der Waals surface area contributed by atoms with Gasteiger partial charge in [-0.3, -0.25) is 4.79 Å². The van der Waals surface area contributed by atoms with Crippen LogP contribution in [-0.4, -0.2) is 22.5 Å². The Morgan fingerprint density at radius 3 is 2.13 bits per heavy atom. The van der Waals surface area contributed by atoms with Crippen molar-refractivity contribution in [3.63, 3.8) is 0 Å². The molecule has 15 heavy (non-hydrogen) atoms. The van der Waals surface area contributed by atoms with E-state index in [9.17, 15) is 14.7 Å². The van der Waals surface area contributed by atoms with Crippen molar-refractivity contribution in [2.45, 2.75) is 57.4 Å². The Morgan fingerprint density at radius 1 is 1.20 bits per heavy atom. The molecule has 4 nitrogen and oxygen atoms in total. The number of rotatable bonds is 3. The van der Waals surface area contributed by atoms with E-state index < -0.39 is 11.5 Å². The van der Waals surface area contributed by atoms with Gasteiger partial charge in [-0.1, -0.05) is 32.6 Å². The van der Waals surface area contributed by atoms with Crippen molar-refractivity contribution in [3.8, 4) is 0 Å². The average Bonchev–Trinajstić information content (AvgIpc) is 2.44. The first kappa shape index (κ1) is 12.0. The van der Waals surface area contributed by atoms with Crippen LogP contribution in [0.25, 0.3) is 0 Å². The van der Waals surface area contributed by atoms with Crippen molar-refractivity contribution in [3.05, 3.63) is 0 Å². The topological polar surface area (TPSA) is 66.4 Å². The Morgan fingerprint density at radius 2 is 1.73 bits per heavy atom.